The molecule has 1 aromatic heterocycles. The Morgan fingerprint density at radius 1 is 1.15 bits per heavy atom. The number of nitrogens with zero attached hydrogens (tertiary/aromatic N) is 4. The molecule has 3 aromatic carbocycles. The lowest BCUT2D eigenvalue weighted by Crippen LogP contribution is -2.60. The molecule has 4 aliphatic rings. The predicted octanol–water partition coefficient (Wildman–Crippen LogP) is 4.98. The number of phenolic OH excluding ortho intramolecular Hbond substituents is 1. The van der Waals surface area contributed by atoms with Gasteiger partial charge in [-0.25, -0.2) is 0 Å². The number of piperazine rings is 1. The summed E-state index contributed by atoms with van der Waals surface area (Å²) in [4.78, 5) is 14.7. The summed E-state index contributed by atoms with van der Waals surface area (Å²) >= 11 is 7.19. The summed E-state index contributed by atoms with van der Waals surface area (Å²) in [5.74, 6) is 1.56. The number of hydrogen-bond donors (Lipinski definition) is 2. The van der Waals surface area contributed by atoms with E-state index >= 15 is 0 Å². The number of halogens is 1. The molecule has 3 fully saturated rings. The standard InChI is InChI=1S/C31H32ClN5O3/c1-36-12-4-6-19(36)15-40-31-34-23-13-21(26-20-7-3-2-5-17(20)8-11-25(26)38)28(32)29-27(23)30(35-31)37-14-18-9-10-22(33-18)24(37)16-39-29/h2-3,5,7-8,11,13,18-19,22,24,33,38H,4,6,9-10,12,14-16H2,1H3/t18?,19-,22?,24?/m0/s1. The van der Waals surface area contributed by atoms with E-state index in [1.807, 2.05) is 36.4 Å². The Hall–Kier alpha value is -3.33. The molecule has 4 atom stereocenters. The van der Waals surface area contributed by atoms with E-state index in [0.29, 0.717) is 64.8 Å². The Balaban J connectivity index is 1.33. The van der Waals surface area contributed by atoms with Gasteiger partial charge >= 0.3 is 6.01 Å². The summed E-state index contributed by atoms with van der Waals surface area (Å²) in [6, 6.07) is 15.2. The number of fused-ring (bicyclic) bond motifs is 6. The Bertz CT molecular complexity index is 1650. The van der Waals surface area contributed by atoms with Crippen molar-refractivity contribution in [3.8, 4) is 28.6 Å². The number of likely N-dealkylation sites (N-methyl/N-ethyl adjacent to an activating group) is 1. The molecule has 8 rings (SSSR count). The Kier molecular flexibility index (Phi) is 5.73. The maximum absolute atomic E-state index is 11.1. The highest BCUT2D eigenvalue weighted by Crippen LogP contribution is 2.50. The molecule has 0 saturated carbocycles. The van der Waals surface area contributed by atoms with E-state index in [4.69, 9.17) is 31.0 Å². The van der Waals surface area contributed by atoms with Gasteiger partial charge in [-0.3, -0.25) is 0 Å². The van der Waals surface area contributed by atoms with Crippen LogP contribution in [0.3, 0.4) is 0 Å². The van der Waals surface area contributed by atoms with Gasteiger partial charge in [-0.2, -0.15) is 9.97 Å². The molecule has 3 saturated heterocycles. The molecule has 0 radical (unpaired) electrons. The molecule has 9 heteroatoms. The van der Waals surface area contributed by atoms with Crippen molar-refractivity contribution in [3.63, 3.8) is 0 Å². The average molecular weight is 558 g/mol. The smallest absolute Gasteiger partial charge is 0.319 e. The quantitative estimate of drug-likeness (QED) is 0.363. The number of likely N-dealkylation sites (tertiary alicyclic amines) is 1. The molecular weight excluding hydrogens is 526 g/mol. The summed E-state index contributed by atoms with van der Waals surface area (Å²) in [6.45, 7) is 2.97. The normalized spacial score (nSPS) is 25.7. The van der Waals surface area contributed by atoms with Gasteiger partial charge in [-0.15, -0.1) is 0 Å². The zero-order chi connectivity index (χ0) is 27.0. The Morgan fingerprint density at radius 2 is 2.05 bits per heavy atom. The number of aromatic nitrogens is 2. The third kappa shape index (κ3) is 3.80. The Labute approximate surface area is 237 Å². The van der Waals surface area contributed by atoms with Crippen molar-refractivity contribution in [2.24, 2.45) is 0 Å². The fourth-order valence-corrected chi connectivity index (χ4v) is 7.50. The highest BCUT2D eigenvalue weighted by Gasteiger charge is 2.44. The van der Waals surface area contributed by atoms with E-state index in [1.165, 1.54) is 6.42 Å². The van der Waals surface area contributed by atoms with Crippen molar-refractivity contribution in [2.75, 3.05) is 38.3 Å². The van der Waals surface area contributed by atoms with Crippen molar-refractivity contribution in [1.82, 2.24) is 20.2 Å². The third-order valence-electron chi connectivity index (χ3n) is 9.32. The summed E-state index contributed by atoms with van der Waals surface area (Å²) in [7, 11) is 2.14. The number of ether oxygens (including phenoxy) is 2. The van der Waals surface area contributed by atoms with E-state index in [1.54, 1.807) is 6.07 Å². The maximum Gasteiger partial charge on any atom is 0.319 e. The highest BCUT2D eigenvalue weighted by molar-refractivity contribution is 6.37. The van der Waals surface area contributed by atoms with E-state index < -0.39 is 0 Å². The first-order valence-corrected chi connectivity index (χ1v) is 14.7. The lowest BCUT2D eigenvalue weighted by atomic mass is 9.95. The molecule has 4 aliphatic heterocycles. The van der Waals surface area contributed by atoms with Gasteiger partial charge < -0.3 is 29.7 Å². The predicted molar refractivity (Wildman–Crippen MR) is 157 cm³/mol. The van der Waals surface area contributed by atoms with Crippen LogP contribution in [0.15, 0.2) is 42.5 Å². The summed E-state index contributed by atoms with van der Waals surface area (Å²) < 4.78 is 12.9. The van der Waals surface area contributed by atoms with Crippen LogP contribution in [0.4, 0.5) is 5.82 Å². The maximum atomic E-state index is 11.1. The van der Waals surface area contributed by atoms with Gasteiger partial charge in [0.05, 0.1) is 22.0 Å². The lowest BCUT2D eigenvalue weighted by Gasteiger charge is -2.40. The van der Waals surface area contributed by atoms with Crippen LogP contribution >= 0.6 is 11.6 Å². The topological polar surface area (TPSA) is 83.0 Å². The molecule has 4 aromatic rings. The van der Waals surface area contributed by atoms with Crippen LogP contribution in [0.2, 0.25) is 5.02 Å². The second-order valence-electron chi connectivity index (χ2n) is 11.6. The summed E-state index contributed by atoms with van der Waals surface area (Å²) in [5, 5.41) is 18.1. The molecule has 0 aliphatic carbocycles. The van der Waals surface area contributed by atoms with Gasteiger partial charge in [0.25, 0.3) is 0 Å². The third-order valence-corrected chi connectivity index (χ3v) is 9.70. The number of nitrogens with one attached hydrogen (secondary N) is 1. The SMILES string of the molecule is CN1CCC[C@H]1COc1nc2c3c(c(Cl)c(-c4c(O)ccc5ccccc45)cc3n1)OCC1C3CCC(CN21)N3. The minimum atomic E-state index is 0.128. The number of phenols is 1. The number of benzene rings is 3. The summed E-state index contributed by atoms with van der Waals surface area (Å²) in [5.41, 5.74) is 2.06. The van der Waals surface area contributed by atoms with Crippen LogP contribution in [0.25, 0.3) is 32.8 Å². The molecule has 0 amide bonds. The lowest BCUT2D eigenvalue weighted by molar-refractivity contribution is 0.188. The fraction of sp³-hybridized carbons (Fsp3) is 0.419. The number of anilines is 1. The summed E-state index contributed by atoms with van der Waals surface area (Å²) in [6.07, 6.45) is 4.55. The van der Waals surface area contributed by atoms with Gasteiger partial charge in [0, 0.05) is 35.8 Å². The monoisotopic (exact) mass is 557 g/mol. The highest BCUT2D eigenvalue weighted by atomic mass is 35.5. The molecule has 0 spiro atoms. The number of rotatable bonds is 4. The van der Waals surface area contributed by atoms with Gasteiger partial charge in [-0.05, 0) is 62.2 Å². The minimum absolute atomic E-state index is 0.128. The molecule has 206 valence electrons. The Morgan fingerprint density at radius 3 is 2.92 bits per heavy atom. The zero-order valence-corrected chi connectivity index (χ0v) is 23.2. The first kappa shape index (κ1) is 24.5. The van der Waals surface area contributed by atoms with Crippen molar-refractivity contribution in [2.45, 2.75) is 49.9 Å². The van der Waals surface area contributed by atoms with Gasteiger partial charge in [0.15, 0.2) is 5.75 Å². The van der Waals surface area contributed by atoms with Crippen LogP contribution in [-0.2, 0) is 0 Å². The minimum Gasteiger partial charge on any atom is -0.507 e. The van der Waals surface area contributed by atoms with Crippen LogP contribution in [-0.4, -0.2) is 77.5 Å². The zero-order valence-electron chi connectivity index (χ0n) is 22.4. The van der Waals surface area contributed by atoms with E-state index in [9.17, 15) is 5.11 Å². The van der Waals surface area contributed by atoms with E-state index in [-0.39, 0.29) is 11.8 Å². The van der Waals surface area contributed by atoms with Gasteiger partial charge in [-0.1, -0.05) is 41.9 Å². The second kappa shape index (κ2) is 9.36. The van der Waals surface area contributed by atoms with E-state index in [0.717, 1.165) is 54.3 Å². The van der Waals surface area contributed by atoms with Crippen LogP contribution in [0.1, 0.15) is 25.7 Å². The largest absolute Gasteiger partial charge is 0.507 e. The first-order chi connectivity index (χ1) is 19.5. The van der Waals surface area contributed by atoms with Crippen molar-refractivity contribution < 1.29 is 14.6 Å². The molecule has 3 unspecified atom stereocenters. The first-order valence-electron chi connectivity index (χ1n) is 14.3. The van der Waals surface area contributed by atoms with Crippen molar-refractivity contribution >= 4 is 39.1 Å². The molecule has 2 N–H and O–H groups in total. The molecule has 5 heterocycles. The van der Waals surface area contributed by atoms with Crippen LogP contribution in [0, 0.1) is 0 Å². The molecular formula is C31H32ClN5O3. The molecule has 2 bridgehead atoms. The van der Waals surface area contributed by atoms with Gasteiger partial charge in [0.1, 0.15) is 24.8 Å². The van der Waals surface area contributed by atoms with Crippen molar-refractivity contribution in [1.29, 1.82) is 0 Å². The van der Waals surface area contributed by atoms with E-state index in [2.05, 4.69) is 22.2 Å². The van der Waals surface area contributed by atoms with Crippen LogP contribution in [0.5, 0.6) is 17.5 Å². The molecule has 8 nitrogen and oxygen atoms in total. The fourth-order valence-electron chi connectivity index (χ4n) is 7.20. The number of aromatic hydroxyl groups is 1. The molecule has 40 heavy (non-hydrogen) atoms. The van der Waals surface area contributed by atoms with Gasteiger partial charge in [0.2, 0.25) is 0 Å². The van der Waals surface area contributed by atoms with Crippen LogP contribution < -0.4 is 19.7 Å². The second-order valence-corrected chi connectivity index (χ2v) is 12.0. The van der Waals surface area contributed by atoms with Crippen molar-refractivity contribution in [3.05, 3.63) is 47.5 Å². The number of hydrogen-bond acceptors (Lipinski definition) is 8. The average Bonchev–Trinajstić information content (AvgIpc) is 3.51.